The minimum atomic E-state index is -0.690. The lowest BCUT2D eigenvalue weighted by atomic mass is 10.9. The number of carbonyl (C=O) groups excluding carboxylic acids is 8. The van der Waals surface area contributed by atoms with E-state index in [1.807, 2.05) is 0 Å². The van der Waals surface area contributed by atoms with E-state index in [1.54, 1.807) is 20.8 Å². The Labute approximate surface area is 309 Å². The van der Waals surface area contributed by atoms with Crippen molar-refractivity contribution < 1.29 is 145 Å². The third-order valence-corrected chi connectivity index (χ3v) is 1.03. The standard InChI is InChI=1S/3C2H6O3.4C2H4O3.5C2H4O.CH2O3/c5*1-2-4-5-3;2*1-2(3)5-4;5*1-2-3;2-1-4-3/h3*3H,2H2,1H3;2*2-3H,1H2;2*4H,1H3;5*2H,1H3;1,3H. The first-order valence-corrected chi connectivity index (χ1v) is 12.9. The largest absolute Gasteiger partial charge is 0.339 e. The molecule has 0 fully saturated rings. The molecule has 0 aliphatic heterocycles. The number of rotatable bonds is 11. The van der Waals surface area contributed by atoms with E-state index in [4.69, 9.17) is 70.8 Å². The molecule has 29 nitrogen and oxygen atoms in total. The molecule has 0 saturated carbocycles. The van der Waals surface area contributed by atoms with Gasteiger partial charge < -0.3 is 48.4 Å². The third-order valence-electron chi connectivity index (χ3n) is 1.03. The van der Waals surface area contributed by atoms with Crippen molar-refractivity contribution >= 4 is 49.8 Å². The van der Waals surface area contributed by atoms with Crippen molar-refractivity contribution in [2.24, 2.45) is 0 Å². The lowest BCUT2D eigenvalue weighted by molar-refractivity contribution is -0.489. The van der Waals surface area contributed by atoms with Gasteiger partial charge in [-0.1, -0.05) is 28.3 Å². The van der Waals surface area contributed by atoms with E-state index < -0.39 is 11.9 Å². The molecule has 0 aromatic heterocycles. The molecule has 0 aromatic carbocycles. The Bertz CT molecular complexity index is 544. The summed E-state index contributed by atoms with van der Waals surface area (Å²) >= 11 is 0. The Hall–Kier alpha value is -4.80. The first-order valence-electron chi connectivity index (χ1n) is 12.9. The van der Waals surface area contributed by atoms with E-state index in [0.29, 0.717) is 19.8 Å². The van der Waals surface area contributed by atoms with Crippen LogP contribution in [0.1, 0.15) is 69.2 Å². The van der Waals surface area contributed by atoms with Gasteiger partial charge in [0.15, 0.2) is 0 Å². The molecular formula is C25H56O29. The van der Waals surface area contributed by atoms with Crippen LogP contribution in [0.15, 0.2) is 25.7 Å². The topological polar surface area (TPSA) is 418 Å². The SMILES string of the molecule is C=COOO.C=COOO.CC(=O)OO.CC(=O)OO.CC=O.CC=O.CC=O.CC=O.CC=O.CCOOO.CCOOO.CCOOO.O=COO. The lowest BCUT2D eigenvalue weighted by Crippen LogP contribution is -1.89. The average molecular weight is 821 g/mol. The maximum atomic E-state index is 9.34. The van der Waals surface area contributed by atoms with E-state index in [1.165, 1.54) is 34.6 Å². The predicted octanol–water partition coefficient (Wildman–Crippen LogP) is 3.09. The molecule has 0 bridgehead atoms. The van der Waals surface area contributed by atoms with Gasteiger partial charge in [-0.3, -0.25) is 4.79 Å². The molecule has 0 heterocycles. The highest BCUT2D eigenvalue weighted by molar-refractivity contribution is 5.65. The quantitative estimate of drug-likeness (QED) is 0.0488. The Kier molecular flexibility index (Phi) is 273. The van der Waals surface area contributed by atoms with Crippen molar-refractivity contribution in [2.45, 2.75) is 69.2 Å². The van der Waals surface area contributed by atoms with E-state index >= 15 is 0 Å². The molecule has 0 radical (unpaired) electrons. The minimum absolute atomic E-state index is 0.0694. The zero-order valence-corrected chi connectivity index (χ0v) is 31.3. The summed E-state index contributed by atoms with van der Waals surface area (Å²) in [4.78, 5) is 99.5. The molecule has 0 spiro atoms. The van der Waals surface area contributed by atoms with Crippen LogP contribution in [0.3, 0.4) is 0 Å². The number of carbonyl (C=O) groups is 8. The maximum absolute atomic E-state index is 9.34. The monoisotopic (exact) mass is 820 g/mol. The summed E-state index contributed by atoms with van der Waals surface area (Å²) in [5.41, 5.74) is 0. The molecule has 0 aromatic rings. The van der Waals surface area contributed by atoms with Crippen LogP contribution in [0.25, 0.3) is 0 Å². The van der Waals surface area contributed by atoms with E-state index in [0.717, 1.165) is 57.8 Å². The molecule has 0 rings (SSSR count). The number of hydrogen-bond acceptors (Lipinski definition) is 29. The zero-order chi connectivity index (χ0) is 46.1. The van der Waals surface area contributed by atoms with Gasteiger partial charge in [-0.25, -0.2) is 55.8 Å². The molecule has 54 heavy (non-hydrogen) atoms. The fourth-order valence-electron chi connectivity index (χ4n) is 0.219. The van der Waals surface area contributed by atoms with Crippen LogP contribution < -0.4 is 0 Å². The van der Waals surface area contributed by atoms with Crippen LogP contribution >= 0.6 is 0 Å². The fourth-order valence-corrected chi connectivity index (χ4v) is 0.219. The van der Waals surface area contributed by atoms with Gasteiger partial charge in [0.05, 0.1) is 19.8 Å². The van der Waals surface area contributed by atoms with Crippen molar-refractivity contribution in [3.05, 3.63) is 25.7 Å². The molecular weight excluding hydrogens is 764 g/mol. The fraction of sp³-hybridized carbons (Fsp3) is 0.520. The summed E-state index contributed by atoms with van der Waals surface area (Å²) in [6, 6.07) is 0. The minimum Gasteiger partial charge on any atom is -0.317 e. The van der Waals surface area contributed by atoms with Gasteiger partial charge in [-0.05, 0) is 65.5 Å². The normalized spacial score (nSPS) is 6.41. The van der Waals surface area contributed by atoms with Crippen molar-refractivity contribution in [3.8, 4) is 0 Å². The number of aldehydes is 5. The maximum Gasteiger partial charge on any atom is 0.339 e. The molecule has 29 heteroatoms. The molecule has 0 saturated heterocycles. The highest BCUT2D eigenvalue weighted by Crippen LogP contribution is 1.66. The summed E-state index contributed by atoms with van der Waals surface area (Å²) in [5, 5.41) is 73.9. The molecule has 330 valence electrons. The van der Waals surface area contributed by atoms with Crippen LogP contribution in [0, 0.1) is 0 Å². The average Bonchev–Trinajstić information content (AvgIpc) is 3.13. The van der Waals surface area contributed by atoms with E-state index in [-0.39, 0.29) is 6.47 Å². The third kappa shape index (κ3) is 968. The second-order valence-corrected chi connectivity index (χ2v) is 4.66. The van der Waals surface area contributed by atoms with Crippen LogP contribution in [-0.4, -0.2) is 112 Å². The van der Waals surface area contributed by atoms with Gasteiger partial charge >= 0.3 is 18.4 Å². The summed E-state index contributed by atoms with van der Waals surface area (Å²) in [6.45, 7) is 21.7. The molecule has 0 atom stereocenters. The molecule has 0 unspecified atom stereocenters. The van der Waals surface area contributed by atoms with Gasteiger partial charge in [0.2, 0.25) is 0 Å². The van der Waals surface area contributed by atoms with Crippen LogP contribution in [0.2, 0.25) is 0 Å². The van der Waals surface area contributed by atoms with Crippen molar-refractivity contribution in [1.29, 1.82) is 0 Å². The van der Waals surface area contributed by atoms with E-state index in [2.05, 4.69) is 77.4 Å². The Balaban J connectivity index is -0.0000000308. The van der Waals surface area contributed by atoms with Crippen molar-refractivity contribution in [2.75, 3.05) is 19.8 Å². The Morgan fingerprint density at radius 2 is 0.611 bits per heavy atom. The highest BCUT2D eigenvalue weighted by atomic mass is 17.5. The van der Waals surface area contributed by atoms with E-state index in [9.17, 15) is 9.59 Å². The molecule has 8 N–H and O–H groups in total. The van der Waals surface area contributed by atoms with Crippen LogP contribution in [0.4, 0.5) is 0 Å². The van der Waals surface area contributed by atoms with Gasteiger partial charge in [0, 0.05) is 13.8 Å². The molecule has 0 amide bonds. The Morgan fingerprint density at radius 1 is 0.463 bits per heavy atom. The van der Waals surface area contributed by atoms with Gasteiger partial charge in [0.1, 0.15) is 44.0 Å². The van der Waals surface area contributed by atoms with Crippen molar-refractivity contribution in [1.82, 2.24) is 0 Å². The zero-order valence-electron chi connectivity index (χ0n) is 31.3. The second kappa shape index (κ2) is 169. The predicted molar refractivity (Wildman–Crippen MR) is 173 cm³/mol. The smallest absolute Gasteiger partial charge is 0.317 e. The van der Waals surface area contributed by atoms with Crippen LogP contribution in [-0.2, 0) is 103 Å². The first kappa shape index (κ1) is 87.2. The van der Waals surface area contributed by atoms with Gasteiger partial charge in [-0.2, -0.15) is 10.5 Å². The summed E-state index contributed by atoms with van der Waals surface area (Å²) in [7, 11) is 0. The summed E-state index contributed by atoms with van der Waals surface area (Å²) in [5.74, 6) is -1.38. The van der Waals surface area contributed by atoms with Gasteiger partial charge in [0.25, 0.3) is 0 Å². The molecule has 0 aliphatic carbocycles. The lowest BCUT2D eigenvalue weighted by Gasteiger charge is -1.83. The Morgan fingerprint density at radius 3 is 0.611 bits per heavy atom. The summed E-state index contributed by atoms with van der Waals surface area (Å²) < 4.78 is 0. The molecule has 0 aliphatic rings. The number of hydrogen-bond donors (Lipinski definition) is 8. The summed E-state index contributed by atoms with van der Waals surface area (Å²) in [6.07, 6.45) is 5.67. The van der Waals surface area contributed by atoms with Crippen molar-refractivity contribution in [3.63, 3.8) is 0 Å². The van der Waals surface area contributed by atoms with Crippen LogP contribution in [0.5, 0.6) is 0 Å². The first-order chi connectivity index (χ1) is 25.6. The second-order valence-electron chi connectivity index (χ2n) is 4.66. The van der Waals surface area contributed by atoms with Gasteiger partial charge in [-0.15, -0.1) is 0 Å². The highest BCUT2D eigenvalue weighted by Gasteiger charge is 1.79.